The number of alkyl halides is 2. The van der Waals surface area contributed by atoms with E-state index < -0.39 is 18.8 Å². The average Bonchev–Trinajstić information content (AvgIpc) is 2.24. The third-order valence-corrected chi connectivity index (χ3v) is 1.86. The Morgan fingerprint density at radius 1 is 1.38 bits per heavy atom. The Labute approximate surface area is 91.0 Å². The van der Waals surface area contributed by atoms with E-state index in [1.54, 1.807) is 0 Å². The molecule has 1 aromatic rings. The molecule has 0 aliphatic rings. The van der Waals surface area contributed by atoms with Crippen LogP contribution in [0.2, 0.25) is 0 Å². The van der Waals surface area contributed by atoms with Crippen molar-refractivity contribution in [1.82, 2.24) is 0 Å². The van der Waals surface area contributed by atoms with Gasteiger partial charge in [0.15, 0.2) is 5.78 Å². The van der Waals surface area contributed by atoms with Crippen LogP contribution in [-0.4, -0.2) is 25.4 Å². The molecule has 0 amide bonds. The van der Waals surface area contributed by atoms with Gasteiger partial charge < -0.3 is 4.74 Å². The molecular weight excluding hydrogens is 221 g/mol. The van der Waals surface area contributed by atoms with Crippen molar-refractivity contribution in [2.24, 2.45) is 0 Å². The first-order valence-electron chi connectivity index (χ1n) is 4.74. The highest BCUT2D eigenvalue weighted by molar-refractivity contribution is 5.96. The minimum atomic E-state index is -2.54. The van der Waals surface area contributed by atoms with E-state index in [1.807, 2.05) is 0 Å². The van der Waals surface area contributed by atoms with Crippen molar-refractivity contribution in [2.75, 3.05) is 13.2 Å². The van der Waals surface area contributed by atoms with Gasteiger partial charge in [0, 0.05) is 12.0 Å². The molecule has 5 heteroatoms. The number of rotatable bonds is 6. The number of halogens is 3. The number of carbonyl (C=O) groups is 1. The normalized spacial score (nSPS) is 10.8. The molecule has 0 fully saturated rings. The Morgan fingerprint density at radius 3 is 2.75 bits per heavy atom. The van der Waals surface area contributed by atoms with Crippen molar-refractivity contribution in [3.05, 3.63) is 35.6 Å². The zero-order valence-corrected chi connectivity index (χ0v) is 8.46. The summed E-state index contributed by atoms with van der Waals surface area (Å²) in [6, 6.07) is 5.22. The Hall–Kier alpha value is -1.36. The van der Waals surface area contributed by atoms with Gasteiger partial charge in [-0.25, -0.2) is 13.2 Å². The highest BCUT2D eigenvalue weighted by Gasteiger charge is 2.07. The van der Waals surface area contributed by atoms with E-state index in [9.17, 15) is 18.0 Å². The van der Waals surface area contributed by atoms with Crippen LogP contribution in [0.15, 0.2) is 24.3 Å². The fourth-order valence-corrected chi connectivity index (χ4v) is 1.14. The standard InChI is InChI=1S/C11H11F3O2/c12-9-3-1-2-8(6-9)10(15)4-5-16-7-11(13)14/h1-3,6,11H,4-5,7H2. The average molecular weight is 232 g/mol. The number of Topliss-reactive ketones (excluding diaryl/α,β-unsaturated/α-hetero) is 1. The molecule has 1 rings (SSSR count). The van der Waals surface area contributed by atoms with Gasteiger partial charge in [-0.3, -0.25) is 4.79 Å². The van der Waals surface area contributed by atoms with Crippen molar-refractivity contribution >= 4 is 5.78 Å². The third kappa shape index (κ3) is 4.44. The summed E-state index contributed by atoms with van der Waals surface area (Å²) in [5, 5.41) is 0. The Morgan fingerprint density at radius 2 is 2.12 bits per heavy atom. The molecule has 0 atom stereocenters. The topological polar surface area (TPSA) is 26.3 Å². The molecule has 0 bridgehead atoms. The van der Waals surface area contributed by atoms with E-state index in [0.29, 0.717) is 0 Å². The van der Waals surface area contributed by atoms with Crippen molar-refractivity contribution in [3.8, 4) is 0 Å². The molecule has 1 aromatic carbocycles. The van der Waals surface area contributed by atoms with Gasteiger partial charge in [0.2, 0.25) is 0 Å². The van der Waals surface area contributed by atoms with E-state index in [4.69, 9.17) is 0 Å². The molecule has 0 aromatic heterocycles. The van der Waals surface area contributed by atoms with Gasteiger partial charge in [-0.1, -0.05) is 12.1 Å². The molecule has 0 heterocycles. The highest BCUT2D eigenvalue weighted by Crippen LogP contribution is 2.06. The smallest absolute Gasteiger partial charge is 0.261 e. The number of carbonyl (C=O) groups excluding carboxylic acids is 1. The molecule has 0 saturated carbocycles. The summed E-state index contributed by atoms with van der Waals surface area (Å²) in [6.45, 7) is -0.768. The molecule has 0 radical (unpaired) electrons. The Kier molecular flexibility index (Phi) is 4.98. The summed E-state index contributed by atoms with van der Waals surface area (Å²) in [7, 11) is 0. The molecule has 0 N–H and O–H groups in total. The second-order valence-electron chi connectivity index (χ2n) is 3.15. The lowest BCUT2D eigenvalue weighted by atomic mass is 10.1. The van der Waals surface area contributed by atoms with Gasteiger partial charge in [-0.15, -0.1) is 0 Å². The first kappa shape index (κ1) is 12.7. The molecule has 88 valence electrons. The largest absolute Gasteiger partial charge is 0.375 e. The van der Waals surface area contributed by atoms with E-state index in [-0.39, 0.29) is 24.4 Å². The van der Waals surface area contributed by atoms with Crippen LogP contribution < -0.4 is 0 Å². The summed E-state index contributed by atoms with van der Waals surface area (Å²) in [5.41, 5.74) is 0.223. The maximum atomic E-state index is 12.7. The van der Waals surface area contributed by atoms with Crippen LogP contribution in [0.1, 0.15) is 16.8 Å². The number of hydrogen-bond acceptors (Lipinski definition) is 2. The summed E-state index contributed by atoms with van der Waals surface area (Å²) in [6.07, 6.45) is -2.57. The fourth-order valence-electron chi connectivity index (χ4n) is 1.14. The van der Waals surface area contributed by atoms with Crippen LogP contribution in [0.25, 0.3) is 0 Å². The highest BCUT2D eigenvalue weighted by atomic mass is 19.3. The van der Waals surface area contributed by atoms with Crippen LogP contribution >= 0.6 is 0 Å². The quantitative estimate of drug-likeness (QED) is 0.556. The van der Waals surface area contributed by atoms with Crippen molar-refractivity contribution < 1.29 is 22.7 Å². The lowest BCUT2D eigenvalue weighted by molar-refractivity contribution is 0.0170. The van der Waals surface area contributed by atoms with Gasteiger partial charge in [-0.05, 0) is 12.1 Å². The van der Waals surface area contributed by atoms with E-state index in [0.717, 1.165) is 6.07 Å². The van der Waals surface area contributed by atoms with E-state index in [2.05, 4.69) is 4.74 Å². The molecule has 16 heavy (non-hydrogen) atoms. The molecule has 0 aliphatic heterocycles. The number of ether oxygens (including phenoxy) is 1. The van der Waals surface area contributed by atoms with Gasteiger partial charge in [-0.2, -0.15) is 0 Å². The van der Waals surface area contributed by atoms with Crippen molar-refractivity contribution in [2.45, 2.75) is 12.8 Å². The predicted molar refractivity (Wildman–Crippen MR) is 52.2 cm³/mol. The molecular formula is C11H11F3O2. The van der Waals surface area contributed by atoms with E-state index in [1.165, 1.54) is 18.2 Å². The zero-order valence-electron chi connectivity index (χ0n) is 8.46. The predicted octanol–water partition coefficient (Wildman–Crippen LogP) is 2.68. The Bertz CT molecular complexity index is 353. The number of hydrogen-bond donors (Lipinski definition) is 0. The fraction of sp³-hybridized carbons (Fsp3) is 0.364. The molecule has 0 saturated heterocycles. The van der Waals surface area contributed by atoms with Crippen LogP contribution in [0, 0.1) is 5.82 Å². The first-order chi connectivity index (χ1) is 7.59. The van der Waals surface area contributed by atoms with Crippen molar-refractivity contribution in [3.63, 3.8) is 0 Å². The zero-order chi connectivity index (χ0) is 12.0. The maximum absolute atomic E-state index is 12.7. The second kappa shape index (κ2) is 6.27. The van der Waals surface area contributed by atoms with E-state index >= 15 is 0 Å². The minimum absolute atomic E-state index is 0.0316. The third-order valence-electron chi connectivity index (χ3n) is 1.86. The van der Waals surface area contributed by atoms with Crippen LogP contribution in [0.5, 0.6) is 0 Å². The maximum Gasteiger partial charge on any atom is 0.261 e. The summed E-state index contributed by atoms with van der Waals surface area (Å²) >= 11 is 0. The number of benzene rings is 1. The molecule has 0 unspecified atom stereocenters. The van der Waals surface area contributed by atoms with Gasteiger partial charge in [0.25, 0.3) is 6.43 Å². The van der Waals surface area contributed by atoms with Crippen molar-refractivity contribution in [1.29, 1.82) is 0 Å². The summed E-state index contributed by atoms with van der Waals surface area (Å²) in [5.74, 6) is -0.826. The second-order valence-corrected chi connectivity index (χ2v) is 3.15. The van der Waals surface area contributed by atoms with Crippen LogP contribution in [-0.2, 0) is 4.74 Å². The SMILES string of the molecule is O=C(CCOCC(F)F)c1cccc(F)c1. The lowest BCUT2D eigenvalue weighted by Crippen LogP contribution is -2.09. The molecule has 0 spiro atoms. The summed E-state index contributed by atoms with van der Waals surface area (Å²) in [4.78, 5) is 11.4. The van der Waals surface area contributed by atoms with Crippen LogP contribution in [0.3, 0.4) is 0 Å². The Balaban J connectivity index is 2.35. The minimum Gasteiger partial charge on any atom is -0.375 e. The number of ketones is 1. The van der Waals surface area contributed by atoms with Gasteiger partial charge >= 0.3 is 0 Å². The summed E-state index contributed by atoms with van der Waals surface area (Å²) < 4.78 is 40.6. The monoisotopic (exact) mass is 232 g/mol. The van der Waals surface area contributed by atoms with Gasteiger partial charge in [0.05, 0.1) is 6.61 Å². The van der Waals surface area contributed by atoms with Crippen LogP contribution in [0.4, 0.5) is 13.2 Å². The molecule has 0 aliphatic carbocycles. The molecule has 2 nitrogen and oxygen atoms in total. The van der Waals surface area contributed by atoms with Gasteiger partial charge in [0.1, 0.15) is 12.4 Å². The lowest BCUT2D eigenvalue weighted by Gasteiger charge is -2.03. The first-order valence-corrected chi connectivity index (χ1v) is 4.74.